The molecule has 0 amide bonds. The molecule has 0 heterocycles. The minimum absolute atomic E-state index is 0. The molecule has 0 N–H and O–H groups in total. The Morgan fingerprint density at radius 2 is 0.881 bits per heavy atom. The molecule has 0 aliphatic carbocycles. The van der Waals surface area contributed by atoms with E-state index < -0.39 is 0 Å². The van der Waals surface area contributed by atoms with Gasteiger partial charge in [-0.2, -0.15) is 95.6 Å². The Bertz CT molecular complexity index is 2230. The predicted octanol–water partition coefficient (Wildman–Crippen LogP) is 11.1. The van der Waals surface area contributed by atoms with Crippen molar-refractivity contribution in [2.24, 2.45) is 0 Å². The number of esters is 2. The van der Waals surface area contributed by atoms with Crippen LogP contribution in [0.25, 0.3) is 0 Å². The molecule has 0 atom stereocenters. The molecule has 0 fully saturated rings. The van der Waals surface area contributed by atoms with Crippen LogP contribution < -0.4 is 14.2 Å². The Morgan fingerprint density at radius 1 is 0.508 bits per heavy atom. The van der Waals surface area contributed by atoms with Crippen LogP contribution in [-0.2, 0) is 51.9 Å². The van der Waals surface area contributed by atoms with Crippen molar-refractivity contribution in [2.45, 2.75) is 68.2 Å². The van der Waals surface area contributed by atoms with Crippen LogP contribution in [0.2, 0.25) is 0 Å². The Hall–Kier alpha value is -5.33. The molecule has 0 radical (unpaired) electrons. The number of hydrogen-bond donors (Lipinski definition) is 0. The number of methoxy groups -OCH3 is 1. The summed E-state index contributed by atoms with van der Waals surface area (Å²) in [6.07, 6.45) is 1.66. The van der Waals surface area contributed by atoms with Crippen LogP contribution in [0.15, 0.2) is 97.1 Å². The van der Waals surface area contributed by atoms with Crippen LogP contribution in [0.5, 0.6) is 17.2 Å². The molecule has 0 saturated heterocycles. The molecule has 7 nitrogen and oxygen atoms in total. The van der Waals surface area contributed by atoms with E-state index in [2.05, 4.69) is 126 Å². The summed E-state index contributed by atoms with van der Waals surface area (Å²) in [5, 5.41) is 0. The van der Waals surface area contributed by atoms with E-state index in [9.17, 15) is 9.59 Å². The predicted molar refractivity (Wildman–Crippen MR) is 223 cm³/mol. The number of carbonyl (C=O) groups excluding carboxylic acids is 2. The molecule has 6 rings (SSSR count). The Morgan fingerprint density at radius 3 is 1.25 bits per heavy atom. The second-order valence-electron chi connectivity index (χ2n) is 13.9. The van der Waals surface area contributed by atoms with Crippen molar-refractivity contribution < 1.29 is 62.9 Å². The summed E-state index contributed by atoms with van der Waals surface area (Å²) >= 11 is 4.62. The van der Waals surface area contributed by atoms with E-state index in [-0.39, 0.29) is 19.4 Å². The van der Waals surface area contributed by atoms with Crippen molar-refractivity contribution in [3.63, 3.8) is 0 Å². The molecular formula is C50H50Co2O7-4. The topological polar surface area (TPSA) is 96.0 Å². The van der Waals surface area contributed by atoms with E-state index in [0.29, 0.717) is 22.6 Å². The van der Waals surface area contributed by atoms with Crippen molar-refractivity contribution in [3.8, 4) is 17.2 Å². The summed E-state index contributed by atoms with van der Waals surface area (Å²) in [5.74, 6) is 1.50. The first-order valence-electron chi connectivity index (χ1n) is 18.3. The van der Waals surface area contributed by atoms with Gasteiger partial charge in [0, 0.05) is 0 Å². The first-order chi connectivity index (χ1) is 27.8. The number of aryl methyl sites for hydroxylation is 8. The van der Waals surface area contributed by atoms with Gasteiger partial charge in [0.25, 0.3) is 5.97 Å². The average Bonchev–Trinajstić information content (AvgIpc) is 3.19. The van der Waals surface area contributed by atoms with Crippen LogP contribution in [0.1, 0.15) is 87.5 Å². The zero-order chi connectivity index (χ0) is 42.9. The van der Waals surface area contributed by atoms with Gasteiger partial charge in [0.05, 0.1) is 7.11 Å². The van der Waals surface area contributed by atoms with Crippen molar-refractivity contribution >= 4 is 11.9 Å². The van der Waals surface area contributed by atoms with Crippen molar-refractivity contribution in [2.75, 3.05) is 7.11 Å². The van der Waals surface area contributed by atoms with Crippen LogP contribution in [-0.4, -0.2) is 19.0 Å². The number of hydrogen-bond acceptors (Lipinski definition) is 7. The Kier molecular flexibility index (Phi) is 20.7. The van der Waals surface area contributed by atoms with Gasteiger partial charge in [0.1, 0.15) is 17.2 Å². The van der Waals surface area contributed by atoms with Crippen LogP contribution in [0.4, 0.5) is 0 Å². The second-order valence-corrected chi connectivity index (χ2v) is 13.9. The molecule has 0 aliphatic rings. The Labute approximate surface area is 366 Å². The van der Waals surface area contributed by atoms with E-state index in [1.54, 1.807) is 55.6 Å². The molecule has 0 unspecified atom stereocenters. The molecule has 0 saturated carbocycles. The molecule has 0 bridgehead atoms. The quantitative estimate of drug-likeness (QED) is 0.0811. The van der Waals surface area contributed by atoms with E-state index in [4.69, 9.17) is 21.9 Å². The fraction of sp³-hybridized carbons (Fsp3) is 0.220. The van der Waals surface area contributed by atoms with E-state index in [1.807, 2.05) is 27.7 Å². The molecule has 59 heavy (non-hydrogen) atoms. The van der Waals surface area contributed by atoms with Gasteiger partial charge < -0.3 is 21.6 Å². The third-order valence-electron chi connectivity index (χ3n) is 9.07. The van der Waals surface area contributed by atoms with Gasteiger partial charge in [-0.25, -0.2) is 4.79 Å². The third kappa shape index (κ3) is 14.5. The van der Waals surface area contributed by atoms with Crippen molar-refractivity contribution in [3.05, 3.63) is 201 Å². The summed E-state index contributed by atoms with van der Waals surface area (Å²) in [5.41, 5.74) is 14.3. The number of carbonyl (C=O) groups is 2. The third-order valence-corrected chi connectivity index (χ3v) is 9.07. The van der Waals surface area contributed by atoms with Gasteiger partial charge in [0.15, 0.2) is 0 Å². The average molecular weight is 881 g/mol. The van der Waals surface area contributed by atoms with Crippen molar-refractivity contribution in [1.29, 1.82) is 0 Å². The first-order valence-corrected chi connectivity index (χ1v) is 19.1. The van der Waals surface area contributed by atoms with Crippen LogP contribution in [0.3, 0.4) is 0 Å². The number of rotatable bonds is 9. The molecule has 6 aromatic rings. The Balaban J connectivity index is 0.000000370. The van der Waals surface area contributed by atoms with Gasteiger partial charge in [-0.3, -0.25) is 4.79 Å². The van der Waals surface area contributed by atoms with Crippen molar-refractivity contribution in [1.82, 2.24) is 0 Å². The molecule has 0 aliphatic heterocycles. The maximum atomic E-state index is 12.4. The van der Waals surface area contributed by atoms with E-state index >= 15 is 0 Å². The molecule has 6 aromatic carbocycles. The van der Waals surface area contributed by atoms with Gasteiger partial charge in [0.2, 0.25) is 0 Å². The standard InChI is InChI=1S/C25H25O3.C24H22O2.CH3.2Co.2O/c1-16-11-20(12-17(2)23(16)27-5)15-21-13-18(3)24(19(4)14-21)28-25(26)22-9-7-6-8-10-22;1-16-10-17(2)12-20(11-16)15-21-13-18(3)23(19(4)14-21)26-24(25)22-8-6-5-7-9-22;;;;;/h7-14H,15H2,1-5H3;5-6,8-9,11-14H,15H2,1-4H3;1H3;;;;/q-1;-2;-1;;;;. The molecular weight excluding hydrogens is 830 g/mol. The van der Waals surface area contributed by atoms with Gasteiger partial charge in [-0.05, 0) is 110 Å². The zero-order valence-corrected chi connectivity index (χ0v) is 37.3. The summed E-state index contributed by atoms with van der Waals surface area (Å²) in [6, 6.07) is 39.8. The minimum atomic E-state index is -0.356. The fourth-order valence-electron chi connectivity index (χ4n) is 6.97. The SMILES string of the molecule is COc1c(C)cc(Cc2cc(C)c(OC(=O)c3cc[c-]cc3)c(C)c2)cc1C.Cc1[c-]c(C)cc(Cc2cc(C)c(OC(=O)c3c[c-]ccc3)c(C)c2)c1.[CH3-].[O]=[Co].[O]=[Co]. The van der Waals surface area contributed by atoms with Crippen LogP contribution >= 0.6 is 0 Å². The molecule has 0 aromatic heterocycles. The molecule has 314 valence electrons. The number of ether oxygens (including phenoxy) is 3. The monoisotopic (exact) mass is 880 g/mol. The summed E-state index contributed by atoms with van der Waals surface area (Å²) in [4.78, 5) is 24.7. The fourth-order valence-corrected chi connectivity index (χ4v) is 6.97. The molecule has 0 spiro atoms. The summed E-state index contributed by atoms with van der Waals surface area (Å²) in [6.45, 7) is 16.2. The van der Waals surface area contributed by atoms with Gasteiger partial charge >= 0.3 is 45.0 Å². The van der Waals surface area contributed by atoms with Gasteiger partial charge in [-0.1, -0.05) is 55.8 Å². The summed E-state index contributed by atoms with van der Waals surface area (Å²) < 4.78 is 32.6. The summed E-state index contributed by atoms with van der Waals surface area (Å²) in [7, 11) is 1.70. The number of benzene rings is 6. The van der Waals surface area contributed by atoms with E-state index in [1.165, 1.54) is 22.3 Å². The second kappa shape index (κ2) is 24.6. The van der Waals surface area contributed by atoms with Crippen LogP contribution in [0, 0.1) is 81.0 Å². The van der Waals surface area contributed by atoms with E-state index in [0.717, 1.165) is 63.1 Å². The molecule has 9 heteroatoms. The van der Waals surface area contributed by atoms with Gasteiger partial charge in [-0.15, -0.1) is 0 Å². The normalized spacial score (nSPS) is 9.88. The first kappa shape index (κ1) is 49.8. The maximum absolute atomic E-state index is 12.4. The zero-order valence-electron chi connectivity index (χ0n) is 35.2.